The minimum atomic E-state index is -1.58. The maximum absolute atomic E-state index is 9.95. The molecule has 3 atom stereocenters. The highest BCUT2D eigenvalue weighted by Gasteiger charge is 2.27. The normalized spacial score (nSPS) is 15.7. The number of nitrogens with zero attached hydrogens (tertiary/aromatic N) is 2. The second-order valence-corrected chi connectivity index (χ2v) is 4.56. The maximum Gasteiger partial charge on any atom is 0.126 e. The largest absolute Gasteiger partial charge is 0.497 e. The van der Waals surface area contributed by atoms with Gasteiger partial charge in [0.15, 0.2) is 0 Å². The molecule has 0 radical (unpaired) electrons. The zero-order valence-electron chi connectivity index (χ0n) is 11.3. The second-order valence-electron chi connectivity index (χ2n) is 4.56. The fourth-order valence-corrected chi connectivity index (χ4v) is 1.88. The third-order valence-electron chi connectivity index (χ3n) is 3.11. The molecule has 0 fully saturated rings. The molecule has 2 aromatic rings. The van der Waals surface area contributed by atoms with Crippen molar-refractivity contribution in [2.75, 3.05) is 19.5 Å². The van der Waals surface area contributed by atoms with Crippen LogP contribution in [0.3, 0.4) is 0 Å². The Morgan fingerprint density at radius 2 is 2.00 bits per heavy atom. The van der Waals surface area contributed by atoms with Gasteiger partial charge in [0.05, 0.1) is 36.8 Å². The molecule has 0 aliphatic carbocycles. The summed E-state index contributed by atoms with van der Waals surface area (Å²) in [6, 6.07) is 3.19. The number of methoxy groups -OCH3 is 1. The van der Waals surface area contributed by atoms with E-state index in [-0.39, 0.29) is 5.69 Å². The average Bonchev–Trinajstić information content (AvgIpc) is 2.52. The molecular formula is C13H17N3O5. The van der Waals surface area contributed by atoms with E-state index in [0.717, 1.165) is 0 Å². The van der Waals surface area contributed by atoms with Crippen molar-refractivity contribution in [1.29, 1.82) is 0 Å². The number of rotatable bonds is 5. The van der Waals surface area contributed by atoms with E-state index in [1.807, 2.05) is 0 Å². The molecule has 1 heterocycles. The van der Waals surface area contributed by atoms with E-state index in [0.29, 0.717) is 22.5 Å². The lowest BCUT2D eigenvalue weighted by molar-refractivity contribution is -0.0789. The second kappa shape index (κ2) is 6.19. The van der Waals surface area contributed by atoms with Crippen molar-refractivity contribution in [2.24, 2.45) is 0 Å². The SMILES string of the molecule is COc1cc(N)c2nc(C(O)C(O)C(O)CO)cnc2c1. The average molecular weight is 295 g/mol. The lowest BCUT2D eigenvalue weighted by Gasteiger charge is -2.21. The molecule has 114 valence electrons. The van der Waals surface area contributed by atoms with Gasteiger partial charge in [0.25, 0.3) is 0 Å². The van der Waals surface area contributed by atoms with Gasteiger partial charge >= 0.3 is 0 Å². The molecule has 0 amide bonds. The first-order chi connectivity index (χ1) is 9.97. The van der Waals surface area contributed by atoms with Gasteiger partial charge in [-0.15, -0.1) is 0 Å². The lowest BCUT2D eigenvalue weighted by Crippen LogP contribution is -2.35. The number of ether oxygens (including phenoxy) is 1. The number of nitrogens with two attached hydrogens (primary N) is 1. The minimum absolute atomic E-state index is 0.0411. The molecular weight excluding hydrogens is 278 g/mol. The van der Waals surface area contributed by atoms with Crippen LogP contribution in [-0.2, 0) is 0 Å². The Labute approximate surface area is 120 Å². The number of anilines is 1. The van der Waals surface area contributed by atoms with Crippen LogP contribution >= 0.6 is 0 Å². The molecule has 21 heavy (non-hydrogen) atoms. The van der Waals surface area contributed by atoms with Crippen LogP contribution in [0, 0.1) is 0 Å². The minimum Gasteiger partial charge on any atom is -0.497 e. The van der Waals surface area contributed by atoms with Gasteiger partial charge in [0, 0.05) is 12.1 Å². The molecule has 1 aromatic carbocycles. The van der Waals surface area contributed by atoms with Gasteiger partial charge in [-0.05, 0) is 0 Å². The van der Waals surface area contributed by atoms with Gasteiger partial charge in [0.2, 0.25) is 0 Å². The van der Waals surface area contributed by atoms with Gasteiger partial charge in [-0.3, -0.25) is 4.98 Å². The predicted octanol–water partition coefficient (Wildman–Crippen LogP) is -1.03. The van der Waals surface area contributed by atoms with E-state index in [1.54, 1.807) is 12.1 Å². The van der Waals surface area contributed by atoms with Crippen molar-refractivity contribution in [2.45, 2.75) is 18.3 Å². The summed E-state index contributed by atoms with van der Waals surface area (Å²) >= 11 is 0. The molecule has 0 spiro atoms. The van der Waals surface area contributed by atoms with E-state index in [2.05, 4.69) is 9.97 Å². The first-order valence-corrected chi connectivity index (χ1v) is 6.23. The van der Waals surface area contributed by atoms with Gasteiger partial charge < -0.3 is 30.9 Å². The van der Waals surface area contributed by atoms with E-state index in [9.17, 15) is 15.3 Å². The van der Waals surface area contributed by atoms with Crippen LogP contribution < -0.4 is 10.5 Å². The monoisotopic (exact) mass is 295 g/mol. The summed E-state index contributed by atoms with van der Waals surface area (Å²) in [5, 5.41) is 37.8. The Balaban J connectivity index is 2.41. The van der Waals surface area contributed by atoms with Gasteiger partial charge in [0.1, 0.15) is 29.6 Å². The summed E-state index contributed by atoms with van der Waals surface area (Å²) in [6.07, 6.45) is -3.29. The Kier molecular flexibility index (Phi) is 4.53. The Bertz CT molecular complexity index is 636. The summed E-state index contributed by atoms with van der Waals surface area (Å²) in [7, 11) is 1.50. The molecule has 6 N–H and O–H groups in total. The van der Waals surface area contributed by atoms with Crippen molar-refractivity contribution < 1.29 is 25.2 Å². The number of benzene rings is 1. The van der Waals surface area contributed by atoms with Crippen LogP contribution in [0.25, 0.3) is 11.0 Å². The van der Waals surface area contributed by atoms with Crippen molar-refractivity contribution >= 4 is 16.7 Å². The molecule has 0 aliphatic heterocycles. The van der Waals surface area contributed by atoms with Crippen LogP contribution in [0.4, 0.5) is 5.69 Å². The van der Waals surface area contributed by atoms with Crippen LogP contribution in [0.15, 0.2) is 18.3 Å². The standard InChI is InChI=1S/C13H17N3O5/c1-21-6-2-7(14)11-8(3-6)15-4-9(16-11)12(19)13(20)10(18)5-17/h2-4,10,12-13,17-20H,5,14H2,1H3. The number of hydrogen-bond donors (Lipinski definition) is 5. The first kappa shape index (κ1) is 15.4. The molecule has 3 unspecified atom stereocenters. The first-order valence-electron chi connectivity index (χ1n) is 6.23. The smallest absolute Gasteiger partial charge is 0.126 e. The number of aromatic nitrogens is 2. The van der Waals surface area contributed by atoms with Crippen LogP contribution in [0.5, 0.6) is 5.75 Å². The van der Waals surface area contributed by atoms with E-state index >= 15 is 0 Å². The topological polar surface area (TPSA) is 142 Å². The third kappa shape index (κ3) is 3.03. The Morgan fingerprint density at radius 3 is 2.62 bits per heavy atom. The molecule has 8 heteroatoms. The highest BCUT2D eigenvalue weighted by Crippen LogP contribution is 2.26. The third-order valence-corrected chi connectivity index (χ3v) is 3.11. The maximum atomic E-state index is 9.95. The zero-order chi connectivity index (χ0) is 15.6. The van der Waals surface area contributed by atoms with E-state index in [1.165, 1.54) is 13.3 Å². The highest BCUT2D eigenvalue weighted by molar-refractivity contribution is 5.88. The van der Waals surface area contributed by atoms with Crippen LogP contribution in [0.2, 0.25) is 0 Å². The molecule has 0 aliphatic rings. The van der Waals surface area contributed by atoms with Crippen LogP contribution in [0.1, 0.15) is 11.8 Å². The highest BCUT2D eigenvalue weighted by atomic mass is 16.5. The van der Waals surface area contributed by atoms with Crippen LogP contribution in [-0.4, -0.2) is 56.3 Å². The number of fused-ring (bicyclic) bond motifs is 1. The zero-order valence-corrected chi connectivity index (χ0v) is 11.3. The van der Waals surface area contributed by atoms with Crippen molar-refractivity contribution in [3.63, 3.8) is 0 Å². The molecule has 0 saturated carbocycles. The van der Waals surface area contributed by atoms with E-state index < -0.39 is 24.9 Å². The van der Waals surface area contributed by atoms with Gasteiger partial charge in [-0.25, -0.2) is 4.98 Å². The summed E-state index contributed by atoms with van der Waals surface area (Å²) in [5.74, 6) is 0.526. The molecule has 2 rings (SSSR count). The molecule has 1 aromatic heterocycles. The summed E-state index contributed by atoms with van der Waals surface area (Å²) < 4.78 is 5.07. The Hall–Kier alpha value is -2.00. The summed E-state index contributed by atoms with van der Waals surface area (Å²) in [6.45, 7) is -0.682. The molecule has 0 bridgehead atoms. The van der Waals surface area contributed by atoms with Crippen molar-refractivity contribution in [1.82, 2.24) is 9.97 Å². The summed E-state index contributed by atoms with van der Waals surface area (Å²) in [4.78, 5) is 8.24. The summed E-state index contributed by atoms with van der Waals surface area (Å²) in [5.41, 5.74) is 7.01. The predicted molar refractivity (Wildman–Crippen MR) is 74.6 cm³/mol. The van der Waals surface area contributed by atoms with Gasteiger partial charge in [-0.1, -0.05) is 0 Å². The number of aliphatic hydroxyl groups is 4. The number of aliphatic hydroxyl groups excluding tert-OH is 4. The number of hydrogen-bond acceptors (Lipinski definition) is 8. The van der Waals surface area contributed by atoms with Crippen molar-refractivity contribution in [3.8, 4) is 5.75 Å². The molecule has 8 nitrogen and oxygen atoms in total. The fraction of sp³-hybridized carbons (Fsp3) is 0.385. The van der Waals surface area contributed by atoms with Gasteiger partial charge in [-0.2, -0.15) is 0 Å². The number of nitrogen functional groups attached to an aromatic ring is 1. The van der Waals surface area contributed by atoms with E-state index in [4.69, 9.17) is 15.6 Å². The van der Waals surface area contributed by atoms with Crippen molar-refractivity contribution in [3.05, 3.63) is 24.0 Å². The Morgan fingerprint density at radius 1 is 1.29 bits per heavy atom. The molecule has 0 saturated heterocycles. The fourth-order valence-electron chi connectivity index (χ4n) is 1.88. The quantitative estimate of drug-likeness (QED) is 0.441. The lowest BCUT2D eigenvalue weighted by atomic mass is 10.1.